The Labute approximate surface area is 91.5 Å². The third-order valence-electron chi connectivity index (χ3n) is 2.32. The molecule has 0 radical (unpaired) electrons. The Morgan fingerprint density at radius 3 is 2.20 bits per heavy atom. The molecule has 0 unspecified atom stereocenters. The van der Waals surface area contributed by atoms with Gasteiger partial charge in [-0.2, -0.15) is 0 Å². The van der Waals surface area contributed by atoms with E-state index in [0.29, 0.717) is 6.42 Å². The molecule has 0 saturated carbocycles. The van der Waals surface area contributed by atoms with Gasteiger partial charge in [-0.3, -0.25) is 4.79 Å². The molecule has 1 nitrogen and oxygen atoms in total. The minimum atomic E-state index is -0.273. The molecule has 1 heteroatoms. The van der Waals surface area contributed by atoms with E-state index < -0.39 is 0 Å². The van der Waals surface area contributed by atoms with Gasteiger partial charge in [0.15, 0.2) is 0 Å². The molecule has 0 aromatic heterocycles. The highest BCUT2D eigenvalue weighted by Crippen LogP contribution is 2.17. The van der Waals surface area contributed by atoms with E-state index in [1.165, 1.54) is 0 Å². The van der Waals surface area contributed by atoms with Crippen LogP contribution >= 0.6 is 0 Å². The lowest BCUT2D eigenvalue weighted by molar-refractivity contribution is -0.125. The quantitative estimate of drug-likeness (QED) is 0.671. The second-order valence-electron chi connectivity index (χ2n) is 4.69. The van der Waals surface area contributed by atoms with Crippen molar-refractivity contribution in [2.24, 2.45) is 5.41 Å². The van der Waals surface area contributed by atoms with E-state index in [0.717, 1.165) is 11.1 Å². The monoisotopic (exact) mass is 200 g/mol. The number of ketones is 1. The van der Waals surface area contributed by atoms with Gasteiger partial charge >= 0.3 is 0 Å². The van der Waals surface area contributed by atoms with Crippen molar-refractivity contribution >= 4 is 5.78 Å². The zero-order valence-corrected chi connectivity index (χ0v) is 9.50. The highest BCUT2D eigenvalue weighted by molar-refractivity contribution is 5.85. The Hall–Kier alpha value is -1.55. The van der Waals surface area contributed by atoms with Crippen molar-refractivity contribution < 1.29 is 4.79 Å². The summed E-state index contributed by atoms with van der Waals surface area (Å²) in [6.45, 7) is 5.81. The number of carbonyl (C=O) groups is 1. The summed E-state index contributed by atoms with van der Waals surface area (Å²) in [4.78, 5) is 11.7. The molecule has 0 fully saturated rings. The average Bonchev–Trinajstić information content (AvgIpc) is 2.17. The average molecular weight is 200 g/mol. The fourth-order valence-corrected chi connectivity index (χ4v) is 1.17. The topological polar surface area (TPSA) is 17.1 Å². The molecule has 0 atom stereocenters. The number of benzene rings is 1. The van der Waals surface area contributed by atoms with Gasteiger partial charge in [0.05, 0.1) is 0 Å². The molecular weight excluding hydrogens is 184 g/mol. The Bertz CT molecular complexity index is 385. The van der Waals surface area contributed by atoms with Crippen LogP contribution in [0.25, 0.3) is 0 Å². The van der Waals surface area contributed by atoms with Gasteiger partial charge in [0.25, 0.3) is 0 Å². The van der Waals surface area contributed by atoms with Crippen LogP contribution in [0.4, 0.5) is 0 Å². The minimum absolute atomic E-state index is 0.246. The molecule has 0 aliphatic rings. The van der Waals surface area contributed by atoms with Gasteiger partial charge in [-0.15, -0.1) is 6.42 Å². The van der Waals surface area contributed by atoms with E-state index in [1.54, 1.807) is 0 Å². The van der Waals surface area contributed by atoms with Crippen molar-refractivity contribution in [3.63, 3.8) is 0 Å². The van der Waals surface area contributed by atoms with Gasteiger partial charge in [0.1, 0.15) is 5.78 Å². The van der Waals surface area contributed by atoms with E-state index in [-0.39, 0.29) is 11.2 Å². The van der Waals surface area contributed by atoms with Crippen molar-refractivity contribution in [3.8, 4) is 12.3 Å². The lowest BCUT2D eigenvalue weighted by atomic mass is 9.87. The molecule has 0 aliphatic carbocycles. The Morgan fingerprint density at radius 1 is 1.27 bits per heavy atom. The van der Waals surface area contributed by atoms with Crippen molar-refractivity contribution in [2.45, 2.75) is 27.2 Å². The third kappa shape index (κ3) is 3.25. The van der Waals surface area contributed by atoms with Crippen LogP contribution in [-0.4, -0.2) is 5.78 Å². The van der Waals surface area contributed by atoms with Crippen LogP contribution in [0.2, 0.25) is 0 Å². The molecule has 0 saturated heterocycles. The highest BCUT2D eigenvalue weighted by Gasteiger charge is 2.20. The molecule has 0 N–H and O–H groups in total. The number of Topliss-reactive ketones (excluding diaryl/α,β-unsaturated/α-hetero) is 1. The van der Waals surface area contributed by atoms with Gasteiger partial charge in [0, 0.05) is 17.4 Å². The highest BCUT2D eigenvalue weighted by atomic mass is 16.1. The van der Waals surface area contributed by atoms with Crippen LogP contribution in [0, 0.1) is 17.8 Å². The molecule has 1 aromatic carbocycles. The Balaban J connectivity index is 2.75. The predicted molar refractivity (Wildman–Crippen MR) is 62.5 cm³/mol. The maximum absolute atomic E-state index is 11.7. The van der Waals surface area contributed by atoms with Gasteiger partial charge in [-0.05, 0) is 17.7 Å². The number of rotatable bonds is 2. The van der Waals surface area contributed by atoms with E-state index in [9.17, 15) is 4.79 Å². The van der Waals surface area contributed by atoms with Crippen molar-refractivity contribution in [2.75, 3.05) is 0 Å². The molecule has 0 spiro atoms. The third-order valence-corrected chi connectivity index (χ3v) is 2.32. The number of terminal acetylenes is 1. The second-order valence-corrected chi connectivity index (χ2v) is 4.69. The Kier molecular flexibility index (Phi) is 3.31. The predicted octanol–water partition coefficient (Wildman–Crippen LogP) is 2.83. The molecule has 1 aromatic rings. The summed E-state index contributed by atoms with van der Waals surface area (Å²) in [7, 11) is 0. The van der Waals surface area contributed by atoms with E-state index in [1.807, 2.05) is 45.0 Å². The first kappa shape index (κ1) is 11.5. The largest absolute Gasteiger partial charge is 0.299 e. The van der Waals surface area contributed by atoms with E-state index in [4.69, 9.17) is 6.42 Å². The SMILES string of the molecule is C#Cc1ccc(CC(=O)C(C)(C)C)cc1. The lowest BCUT2D eigenvalue weighted by Crippen LogP contribution is -2.21. The fourth-order valence-electron chi connectivity index (χ4n) is 1.17. The van der Waals surface area contributed by atoms with Crippen molar-refractivity contribution in [3.05, 3.63) is 35.4 Å². The number of carbonyl (C=O) groups excluding carboxylic acids is 1. The summed E-state index contributed by atoms with van der Waals surface area (Å²) < 4.78 is 0. The molecule has 0 heterocycles. The molecule has 0 bridgehead atoms. The molecule has 1 rings (SSSR count). The summed E-state index contributed by atoms with van der Waals surface area (Å²) in [6, 6.07) is 7.56. The summed E-state index contributed by atoms with van der Waals surface area (Å²) in [5.74, 6) is 2.80. The van der Waals surface area contributed by atoms with Crippen LogP contribution < -0.4 is 0 Å². The van der Waals surface area contributed by atoms with Crippen LogP contribution in [-0.2, 0) is 11.2 Å². The zero-order valence-electron chi connectivity index (χ0n) is 9.50. The molecule has 78 valence electrons. The molecular formula is C14H16O. The van der Waals surface area contributed by atoms with Crippen LogP contribution in [0.15, 0.2) is 24.3 Å². The molecule has 0 aliphatic heterocycles. The lowest BCUT2D eigenvalue weighted by Gasteiger charge is -2.16. The standard InChI is InChI=1S/C14H16O/c1-5-11-6-8-12(9-7-11)10-13(15)14(2,3)4/h1,6-9H,10H2,2-4H3. The van der Waals surface area contributed by atoms with Gasteiger partial charge in [0.2, 0.25) is 0 Å². The van der Waals surface area contributed by atoms with Crippen molar-refractivity contribution in [1.29, 1.82) is 0 Å². The fraction of sp³-hybridized carbons (Fsp3) is 0.357. The normalized spacial score (nSPS) is 10.8. The smallest absolute Gasteiger partial charge is 0.142 e. The van der Waals surface area contributed by atoms with Crippen LogP contribution in [0.3, 0.4) is 0 Å². The Morgan fingerprint density at radius 2 is 1.80 bits per heavy atom. The molecule has 0 amide bonds. The van der Waals surface area contributed by atoms with Crippen molar-refractivity contribution in [1.82, 2.24) is 0 Å². The number of hydrogen-bond donors (Lipinski definition) is 0. The van der Waals surface area contributed by atoms with Crippen LogP contribution in [0.5, 0.6) is 0 Å². The van der Waals surface area contributed by atoms with Crippen LogP contribution in [0.1, 0.15) is 31.9 Å². The summed E-state index contributed by atoms with van der Waals surface area (Å²) in [5, 5.41) is 0. The van der Waals surface area contributed by atoms with E-state index in [2.05, 4.69) is 5.92 Å². The van der Waals surface area contributed by atoms with Gasteiger partial charge < -0.3 is 0 Å². The first-order valence-corrected chi connectivity index (χ1v) is 5.02. The van der Waals surface area contributed by atoms with E-state index >= 15 is 0 Å². The second kappa shape index (κ2) is 4.31. The summed E-state index contributed by atoms with van der Waals surface area (Å²) >= 11 is 0. The molecule has 15 heavy (non-hydrogen) atoms. The summed E-state index contributed by atoms with van der Waals surface area (Å²) in [6.07, 6.45) is 5.73. The van der Waals surface area contributed by atoms with Gasteiger partial charge in [-0.25, -0.2) is 0 Å². The first-order chi connectivity index (χ1) is 6.93. The maximum Gasteiger partial charge on any atom is 0.142 e. The minimum Gasteiger partial charge on any atom is -0.299 e. The zero-order chi connectivity index (χ0) is 11.5. The maximum atomic E-state index is 11.7. The first-order valence-electron chi connectivity index (χ1n) is 5.02. The number of hydrogen-bond acceptors (Lipinski definition) is 1. The van der Waals surface area contributed by atoms with Gasteiger partial charge in [-0.1, -0.05) is 38.8 Å². The summed E-state index contributed by atoms with van der Waals surface area (Å²) in [5.41, 5.74) is 1.60.